The molecule has 0 atom stereocenters. The molecule has 5 nitrogen and oxygen atoms in total. The smallest absolute Gasteiger partial charge is 0.137 e. The number of benzene rings is 6. The lowest BCUT2D eigenvalue weighted by Crippen LogP contribution is -2.24. The van der Waals surface area contributed by atoms with Gasteiger partial charge in [0.2, 0.25) is 0 Å². The van der Waals surface area contributed by atoms with E-state index in [2.05, 4.69) is 229 Å². The highest BCUT2D eigenvalue weighted by molar-refractivity contribution is 6.09. The number of hydrogen-bond donors (Lipinski definition) is 0. The Kier molecular flexibility index (Phi) is 10.8. The standard InChI is InChI=1S/C57H58N4O/c1-37(2)42-31-51(38(3)4)56(52(32-42)39(5)6)41-18-15-19-45(28-41)59-26-27-60(36-59)46-29-43(40-16-11-10-12-17-40)30-48(34-46)62-47-22-23-50-49-20-13-14-21-53(49)61(54(50)35-47)55-33-44(24-25-58-55)57(7,8)9/h10-35,37-39H,36H2,1-9H3. The summed E-state index contributed by atoms with van der Waals surface area (Å²) in [6.45, 7) is 21.3. The van der Waals surface area contributed by atoms with Crippen molar-refractivity contribution in [1.29, 1.82) is 0 Å². The fraction of sp³-hybridized carbons (Fsp3) is 0.246. The maximum absolute atomic E-state index is 6.88. The van der Waals surface area contributed by atoms with Gasteiger partial charge in [0.1, 0.15) is 17.3 Å². The van der Waals surface area contributed by atoms with Crippen LogP contribution in [0.4, 0.5) is 11.4 Å². The zero-order valence-corrected chi connectivity index (χ0v) is 37.6. The number of anilines is 2. The van der Waals surface area contributed by atoms with Crippen LogP contribution < -0.4 is 14.5 Å². The number of pyridine rings is 1. The average molecular weight is 815 g/mol. The summed E-state index contributed by atoms with van der Waals surface area (Å²) in [7, 11) is 0. The molecule has 0 saturated carbocycles. The molecule has 62 heavy (non-hydrogen) atoms. The van der Waals surface area contributed by atoms with Crippen LogP contribution >= 0.6 is 0 Å². The lowest BCUT2D eigenvalue weighted by Gasteiger charge is -2.25. The van der Waals surface area contributed by atoms with Crippen molar-refractivity contribution in [3.8, 4) is 39.6 Å². The molecule has 3 heterocycles. The second-order valence-corrected chi connectivity index (χ2v) is 18.8. The summed E-state index contributed by atoms with van der Waals surface area (Å²) in [6.07, 6.45) is 6.30. The Morgan fingerprint density at radius 3 is 1.90 bits per heavy atom. The van der Waals surface area contributed by atoms with E-state index in [1.807, 2.05) is 6.20 Å². The molecule has 6 aromatic carbocycles. The Balaban J connectivity index is 1.06. The lowest BCUT2D eigenvalue weighted by molar-refractivity contribution is 0.483. The van der Waals surface area contributed by atoms with E-state index < -0.39 is 0 Å². The van der Waals surface area contributed by atoms with E-state index in [0.29, 0.717) is 24.4 Å². The molecule has 2 aromatic heterocycles. The van der Waals surface area contributed by atoms with Gasteiger partial charge in [-0.05, 0) is 122 Å². The van der Waals surface area contributed by atoms with Crippen molar-refractivity contribution in [2.24, 2.45) is 0 Å². The molecular formula is C57H58N4O. The summed E-state index contributed by atoms with van der Waals surface area (Å²) in [5.74, 6) is 3.74. The molecule has 8 aromatic rings. The molecule has 0 N–H and O–H groups in total. The molecule has 5 heteroatoms. The van der Waals surface area contributed by atoms with Gasteiger partial charge < -0.3 is 14.5 Å². The maximum atomic E-state index is 6.88. The monoisotopic (exact) mass is 814 g/mol. The highest BCUT2D eigenvalue weighted by atomic mass is 16.5. The van der Waals surface area contributed by atoms with Gasteiger partial charge in [-0.2, -0.15) is 0 Å². The summed E-state index contributed by atoms with van der Waals surface area (Å²) < 4.78 is 9.14. The van der Waals surface area contributed by atoms with Crippen LogP contribution in [0, 0.1) is 0 Å². The number of ether oxygens (including phenoxy) is 1. The zero-order valence-electron chi connectivity index (χ0n) is 37.6. The van der Waals surface area contributed by atoms with E-state index in [9.17, 15) is 0 Å². The van der Waals surface area contributed by atoms with Crippen molar-refractivity contribution in [3.63, 3.8) is 0 Å². The number of para-hydroxylation sites is 1. The van der Waals surface area contributed by atoms with Gasteiger partial charge in [0, 0.05) is 52.9 Å². The quantitative estimate of drug-likeness (QED) is 0.138. The van der Waals surface area contributed by atoms with E-state index in [0.717, 1.165) is 50.6 Å². The SMILES string of the molecule is CC(C)c1cc(C(C)C)c(-c2cccc(N3C=CN(c4cc(Oc5ccc6c7ccccc7n(-c7cc(C(C)(C)C)ccn7)c6c5)cc(-c5ccccc5)c4)C3)c2)c(C(C)C)c1. The Hall–Kier alpha value is -6.59. The van der Waals surface area contributed by atoms with Crippen LogP contribution in [0.5, 0.6) is 11.5 Å². The third-order valence-corrected chi connectivity index (χ3v) is 12.4. The van der Waals surface area contributed by atoms with Crippen molar-refractivity contribution in [3.05, 3.63) is 180 Å². The number of hydrogen-bond acceptors (Lipinski definition) is 4. The van der Waals surface area contributed by atoms with E-state index >= 15 is 0 Å². The largest absolute Gasteiger partial charge is 0.457 e. The van der Waals surface area contributed by atoms with Crippen molar-refractivity contribution in [2.75, 3.05) is 16.5 Å². The van der Waals surface area contributed by atoms with E-state index in [1.165, 1.54) is 44.5 Å². The lowest BCUT2D eigenvalue weighted by atomic mass is 9.81. The molecule has 0 unspecified atom stereocenters. The molecule has 0 aliphatic carbocycles. The van der Waals surface area contributed by atoms with Crippen LogP contribution in [-0.2, 0) is 5.41 Å². The minimum Gasteiger partial charge on any atom is -0.457 e. The molecule has 9 rings (SSSR count). The van der Waals surface area contributed by atoms with Crippen molar-refractivity contribution >= 4 is 33.2 Å². The van der Waals surface area contributed by atoms with Crippen LogP contribution in [0.3, 0.4) is 0 Å². The van der Waals surface area contributed by atoms with E-state index in [1.54, 1.807) is 0 Å². The third kappa shape index (κ3) is 7.88. The molecule has 1 aliphatic rings. The van der Waals surface area contributed by atoms with E-state index in [4.69, 9.17) is 9.72 Å². The normalized spacial score (nSPS) is 13.2. The Morgan fingerprint density at radius 1 is 0.532 bits per heavy atom. The van der Waals surface area contributed by atoms with Gasteiger partial charge >= 0.3 is 0 Å². The summed E-state index contributed by atoms with van der Waals surface area (Å²) in [5, 5.41) is 2.35. The number of aromatic nitrogens is 2. The molecular weight excluding hydrogens is 757 g/mol. The first-order valence-corrected chi connectivity index (χ1v) is 22.2. The predicted molar refractivity (Wildman–Crippen MR) is 262 cm³/mol. The first-order valence-electron chi connectivity index (χ1n) is 22.2. The first-order chi connectivity index (χ1) is 29.8. The second kappa shape index (κ2) is 16.4. The summed E-state index contributed by atoms with van der Waals surface area (Å²) in [5.41, 5.74) is 14.8. The fourth-order valence-electron chi connectivity index (χ4n) is 8.89. The number of rotatable bonds is 10. The van der Waals surface area contributed by atoms with Crippen LogP contribution in [-0.4, -0.2) is 16.2 Å². The van der Waals surface area contributed by atoms with Gasteiger partial charge in [-0.25, -0.2) is 4.98 Å². The van der Waals surface area contributed by atoms with Gasteiger partial charge in [-0.1, -0.05) is 135 Å². The summed E-state index contributed by atoms with van der Waals surface area (Å²) >= 11 is 0. The average Bonchev–Trinajstić information content (AvgIpc) is 3.90. The van der Waals surface area contributed by atoms with Gasteiger partial charge in [0.25, 0.3) is 0 Å². The molecule has 0 bridgehead atoms. The van der Waals surface area contributed by atoms with Gasteiger partial charge in [0.05, 0.1) is 17.7 Å². The number of nitrogens with zero attached hydrogens (tertiary/aromatic N) is 4. The second-order valence-electron chi connectivity index (χ2n) is 18.8. The molecule has 1 aliphatic heterocycles. The van der Waals surface area contributed by atoms with Gasteiger partial charge in [-0.3, -0.25) is 4.57 Å². The number of fused-ring (bicyclic) bond motifs is 3. The summed E-state index contributed by atoms with van der Waals surface area (Å²) in [6, 6.07) is 50.5. The first kappa shape index (κ1) is 40.8. The van der Waals surface area contributed by atoms with E-state index in [-0.39, 0.29) is 5.41 Å². The van der Waals surface area contributed by atoms with Gasteiger partial charge in [0.15, 0.2) is 0 Å². The van der Waals surface area contributed by atoms with Crippen molar-refractivity contribution in [1.82, 2.24) is 9.55 Å². The van der Waals surface area contributed by atoms with Crippen LogP contribution in [0.1, 0.15) is 102 Å². The molecule has 0 radical (unpaired) electrons. The molecule has 0 amide bonds. The minimum atomic E-state index is -0.00702. The van der Waals surface area contributed by atoms with Crippen molar-refractivity contribution < 1.29 is 4.74 Å². The third-order valence-electron chi connectivity index (χ3n) is 12.4. The molecule has 0 spiro atoms. The Labute approximate surface area is 367 Å². The molecule has 0 fully saturated rings. The fourth-order valence-corrected chi connectivity index (χ4v) is 8.89. The van der Waals surface area contributed by atoms with Crippen LogP contribution in [0.25, 0.3) is 49.9 Å². The topological polar surface area (TPSA) is 33.5 Å². The maximum Gasteiger partial charge on any atom is 0.137 e. The van der Waals surface area contributed by atoms with Crippen LogP contribution in [0.2, 0.25) is 0 Å². The Morgan fingerprint density at radius 2 is 1.19 bits per heavy atom. The van der Waals surface area contributed by atoms with Crippen molar-refractivity contribution in [2.45, 2.75) is 85.5 Å². The minimum absolute atomic E-state index is 0.00702. The highest BCUT2D eigenvalue weighted by Gasteiger charge is 2.23. The van der Waals surface area contributed by atoms with Crippen LogP contribution in [0.15, 0.2) is 158 Å². The van der Waals surface area contributed by atoms with Gasteiger partial charge in [-0.15, -0.1) is 0 Å². The zero-order chi connectivity index (χ0) is 43.3. The molecule has 0 saturated heterocycles. The predicted octanol–water partition coefficient (Wildman–Crippen LogP) is 15.7. The Bertz CT molecular complexity index is 2920. The highest BCUT2D eigenvalue weighted by Crippen LogP contribution is 2.42. The summed E-state index contributed by atoms with van der Waals surface area (Å²) in [4.78, 5) is 9.53. The molecule has 312 valence electrons.